The molecule has 2 heterocycles. The maximum Gasteiger partial charge on any atom is 0.497 e. The molecule has 5 nitrogen and oxygen atoms in total. The Morgan fingerprint density at radius 2 is 1.97 bits per heavy atom. The minimum atomic E-state index is -5.45. The van der Waals surface area contributed by atoms with Crippen LogP contribution in [-0.4, -0.2) is 29.0 Å². The molecule has 0 saturated heterocycles. The molecule has 0 aliphatic carbocycles. The standard InChI is InChI=1S/C19H16ClF3N2O3S2/c1-2-3-13-6-11(4-5-24-13)18-25-16(9-29-18)14-8-17(26)12(7-15(14)20)10-30(27,28)19(21,22)23/h4-9,26H,2-3,10H2,1H3. The highest BCUT2D eigenvalue weighted by Crippen LogP contribution is 2.38. The highest BCUT2D eigenvalue weighted by Gasteiger charge is 2.45. The van der Waals surface area contributed by atoms with Crippen molar-refractivity contribution in [2.24, 2.45) is 0 Å². The van der Waals surface area contributed by atoms with Crippen LogP contribution in [0, 0.1) is 0 Å². The summed E-state index contributed by atoms with van der Waals surface area (Å²) in [7, 11) is -5.45. The molecule has 0 bridgehead atoms. The first-order valence-electron chi connectivity index (χ1n) is 8.73. The van der Waals surface area contributed by atoms with E-state index in [4.69, 9.17) is 11.6 Å². The Balaban J connectivity index is 1.93. The predicted octanol–water partition coefficient (Wildman–Crippen LogP) is 5.62. The molecule has 0 atom stereocenters. The summed E-state index contributed by atoms with van der Waals surface area (Å²) >= 11 is 7.50. The third-order valence-electron chi connectivity index (χ3n) is 4.22. The second kappa shape index (κ2) is 8.52. The highest BCUT2D eigenvalue weighted by atomic mass is 35.5. The minimum absolute atomic E-state index is 0.0153. The van der Waals surface area contributed by atoms with E-state index in [0.717, 1.165) is 36.2 Å². The van der Waals surface area contributed by atoms with Crippen LogP contribution in [0.4, 0.5) is 13.2 Å². The zero-order valence-electron chi connectivity index (χ0n) is 15.6. The van der Waals surface area contributed by atoms with Gasteiger partial charge in [0, 0.05) is 34.0 Å². The van der Waals surface area contributed by atoms with Crippen molar-refractivity contribution in [1.82, 2.24) is 9.97 Å². The number of pyridine rings is 1. The number of halogens is 4. The molecule has 1 N–H and O–H groups in total. The molecule has 2 aromatic heterocycles. The van der Waals surface area contributed by atoms with Gasteiger partial charge in [0.15, 0.2) is 0 Å². The van der Waals surface area contributed by atoms with Crippen LogP contribution in [-0.2, 0) is 22.0 Å². The molecule has 0 radical (unpaired) electrons. The van der Waals surface area contributed by atoms with Crippen molar-refractivity contribution < 1.29 is 26.7 Å². The van der Waals surface area contributed by atoms with Gasteiger partial charge in [0.1, 0.15) is 10.8 Å². The summed E-state index contributed by atoms with van der Waals surface area (Å²) in [5, 5.41) is 12.5. The van der Waals surface area contributed by atoms with E-state index in [1.807, 2.05) is 19.1 Å². The quantitative estimate of drug-likeness (QED) is 0.499. The van der Waals surface area contributed by atoms with Crippen LogP contribution >= 0.6 is 22.9 Å². The number of aromatic nitrogens is 2. The third kappa shape index (κ3) is 4.76. The van der Waals surface area contributed by atoms with E-state index in [2.05, 4.69) is 9.97 Å². The van der Waals surface area contributed by atoms with E-state index in [0.29, 0.717) is 10.7 Å². The first-order valence-corrected chi connectivity index (χ1v) is 11.6. The molecule has 0 aliphatic rings. The normalized spacial score (nSPS) is 12.3. The van der Waals surface area contributed by atoms with Crippen molar-refractivity contribution in [3.8, 4) is 27.6 Å². The lowest BCUT2D eigenvalue weighted by Gasteiger charge is -2.11. The van der Waals surface area contributed by atoms with Crippen LogP contribution < -0.4 is 0 Å². The molecule has 0 spiro atoms. The Morgan fingerprint density at radius 1 is 1.23 bits per heavy atom. The Bertz CT molecular complexity index is 1180. The number of sulfone groups is 1. The van der Waals surface area contributed by atoms with Gasteiger partial charge in [-0.2, -0.15) is 13.2 Å². The molecule has 160 valence electrons. The maximum atomic E-state index is 12.6. The Hall–Kier alpha value is -2.17. The number of nitrogens with zero attached hydrogens (tertiary/aromatic N) is 2. The van der Waals surface area contributed by atoms with Crippen LogP contribution in [0.3, 0.4) is 0 Å². The lowest BCUT2D eigenvalue weighted by Crippen LogP contribution is -2.24. The number of hydrogen-bond acceptors (Lipinski definition) is 6. The SMILES string of the molecule is CCCc1cc(-c2nc(-c3cc(O)c(CS(=O)(=O)C(F)(F)F)cc3Cl)cs2)ccn1. The summed E-state index contributed by atoms with van der Waals surface area (Å²) in [6.07, 6.45) is 3.47. The van der Waals surface area contributed by atoms with Gasteiger partial charge < -0.3 is 5.11 Å². The van der Waals surface area contributed by atoms with Gasteiger partial charge in [-0.15, -0.1) is 11.3 Å². The predicted molar refractivity (Wildman–Crippen MR) is 110 cm³/mol. The average Bonchev–Trinajstić information content (AvgIpc) is 3.14. The van der Waals surface area contributed by atoms with E-state index in [9.17, 15) is 26.7 Å². The lowest BCUT2D eigenvalue weighted by molar-refractivity contribution is -0.0437. The van der Waals surface area contributed by atoms with Gasteiger partial charge >= 0.3 is 5.51 Å². The van der Waals surface area contributed by atoms with Crippen molar-refractivity contribution in [3.63, 3.8) is 0 Å². The van der Waals surface area contributed by atoms with Crippen LogP contribution in [0.1, 0.15) is 24.6 Å². The van der Waals surface area contributed by atoms with Crippen molar-refractivity contribution >= 4 is 32.8 Å². The summed E-state index contributed by atoms with van der Waals surface area (Å²) in [6.45, 7) is 2.05. The second-order valence-corrected chi connectivity index (χ2v) is 9.74. The van der Waals surface area contributed by atoms with Crippen LogP contribution in [0.15, 0.2) is 35.8 Å². The number of thiazole rings is 1. The zero-order valence-corrected chi connectivity index (χ0v) is 18.0. The van der Waals surface area contributed by atoms with Gasteiger partial charge in [0.05, 0.1) is 16.5 Å². The van der Waals surface area contributed by atoms with Gasteiger partial charge in [-0.05, 0) is 30.7 Å². The van der Waals surface area contributed by atoms with Crippen LogP contribution in [0.25, 0.3) is 21.8 Å². The first-order chi connectivity index (χ1) is 14.0. The smallest absolute Gasteiger partial charge is 0.497 e. The Labute approximate surface area is 180 Å². The number of aromatic hydroxyl groups is 1. The number of phenols is 1. The zero-order chi connectivity index (χ0) is 22.1. The van der Waals surface area contributed by atoms with E-state index >= 15 is 0 Å². The fourth-order valence-electron chi connectivity index (χ4n) is 2.74. The Morgan fingerprint density at radius 3 is 2.63 bits per heavy atom. The molecule has 3 rings (SSSR count). The van der Waals surface area contributed by atoms with Gasteiger partial charge in [-0.3, -0.25) is 4.98 Å². The molecule has 0 unspecified atom stereocenters. The summed E-state index contributed by atoms with van der Waals surface area (Å²) in [4.78, 5) is 8.79. The summed E-state index contributed by atoms with van der Waals surface area (Å²) in [6, 6.07) is 5.88. The summed E-state index contributed by atoms with van der Waals surface area (Å²) < 4.78 is 60.6. The highest BCUT2D eigenvalue weighted by molar-refractivity contribution is 7.91. The summed E-state index contributed by atoms with van der Waals surface area (Å²) in [5.41, 5.74) is -3.37. The second-order valence-electron chi connectivity index (χ2n) is 6.49. The van der Waals surface area contributed by atoms with Crippen molar-refractivity contribution in [2.75, 3.05) is 0 Å². The van der Waals surface area contributed by atoms with Crippen molar-refractivity contribution in [3.05, 3.63) is 52.1 Å². The van der Waals surface area contributed by atoms with Gasteiger partial charge in [0.25, 0.3) is 9.84 Å². The number of aryl methyl sites for hydroxylation is 1. The van der Waals surface area contributed by atoms with Crippen LogP contribution in [0.2, 0.25) is 5.02 Å². The maximum absolute atomic E-state index is 12.6. The molecule has 3 aromatic rings. The largest absolute Gasteiger partial charge is 0.508 e. The number of phenolic OH excluding ortho intramolecular Hbond substituents is 1. The Kier molecular flexibility index (Phi) is 6.40. The first kappa shape index (κ1) is 22.5. The van der Waals surface area contributed by atoms with Gasteiger partial charge in [0.2, 0.25) is 0 Å². The molecular weight excluding hydrogens is 461 g/mol. The summed E-state index contributed by atoms with van der Waals surface area (Å²) in [5.74, 6) is -2.01. The van der Waals surface area contributed by atoms with E-state index in [-0.39, 0.29) is 10.6 Å². The molecule has 0 fully saturated rings. The van der Waals surface area contributed by atoms with E-state index in [1.54, 1.807) is 11.6 Å². The van der Waals surface area contributed by atoms with Crippen molar-refractivity contribution in [1.29, 1.82) is 0 Å². The molecule has 1 aromatic carbocycles. The average molecular weight is 477 g/mol. The third-order valence-corrected chi connectivity index (χ3v) is 6.82. The van der Waals surface area contributed by atoms with Gasteiger partial charge in [-0.1, -0.05) is 24.9 Å². The number of rotatable bonds is 6. The molecule has 0 saturated carbocycles. The van der Waals surface area contributed by atoms with Crippen molar-refractivity contribution in [2.45, 2.75) is 31.0 Å². The fourth-order valence-corrected chi connectivity index (χ4v) is 4.64. The molecule has 0 aliphatic heterocycles. The molecule has 0 amide bonds. The lowest BCUT2D eigenvalue weighted by atomic mass is 10.1. The number of alkyl halides is 3. The number of benzene rings is 1. The minimum Gasteiger partial charge on any atom is -0.508 e. The molecule has 11 heteroatoms. The number of hydrogen-bond donors (Lipinski definition) is 1. The topological polar surface area (TPSA) is 80.2 Å². The molecule has 30 heavy (non-hydrogen) atoms. The monoisotopic (exact) mass is 476 g/mol. The van der Waals surface area contributed by atoms with E-state index in [1.165, 1.54) is 11.3 Å². The fraction of sp³-hybridized carbons (Fsp3) is 0.263. The van der Waals surface area contributed by atoms with Crippen LogP contribution in [0.5, 0.6) is 5.75 Å². The van der Waals surface area contributed by atoms with Gasteiger partial charge in [-0.25, -0.2) is 13.4 Å². The van der Waals surface area contributed by atoms with E-state index < -0.39 is 32.4 Å². The molecular formula is C19H16ClF3N2O3S2.